The van der Waals surface area contributed by atoms with Crippen molar-refractivity contribution >= 4 is 11.9 Å². The fraction of sp³-hybridized carbons (Fsp3) is 0.222. The number of carbonyl (C=O) groups is 1. The Balaban J connectivity index is 1.68. The van der Waals surface area contributed by atoms with Crippen LogP contribution in [-0.4, -0.2) is 39.1 Å². The van der Waals surface area contributed by atoms with Crippen LogP contribution >= 0.6 is 0 Å². The summed E-state index contributed by atoms with van der Waals surface area (Å²) in [6.45, 7) is 1.46. The Morgan fingerprint density at radius 2 is 2.00 bits per heavy atom. The summed E-state index contributed by atoms with van der Waals surface area (Å²) in [5.41, 5.74) is 2.14. The van der Waals surface area contributed by atoms with Crippen molar-refractivity contribution in [1.82, 2.24) is 19.5 Å². The fourth-order valence-corrected chi connectivity index (χ4v) is 2.93. The zero-order valence-corrected chi connectivity index (χ0v) is 13.8. The highest BCUT2D eigenvalue weighted by Crippen LogP contribution is 2.28. The van der Waals surface area contributed by atoms with Crippen LogP contribution in [0.1, 0.15) is 16.9 Å². The molecule has 3 heterocycles. The second kappa shape index (κ2) is 6.35. The van der Waals surface area contributed by atoms with E-state index in [1.54, 1.807) is 18.2 Å². The van der Waals surface area contributed by atoms with Crippen molar-refractivity contribution in [2.24, 2.45) is 0 Å². The van der Waals surface area contributed by atoms with Crippen molar-refractivity contribution in [1.29, 1.82) is 0 Å². The van der Waals surface area contributed by atoms with E-state index in [1.807, 2.05) is 35.0 Å². The van der Waals surface area contributed by atoms with Crippen LogP contribution in [0.25, 0.3) is 11.3 Å². The highest BCUT2D eigenvalue weighted by Gasteiger charge is 2.27. The zero-order chi connectivity index (χ0) is 17.2. The number of benzene rings is 1. The molecule has 1 amide bonds. The van der Waals surface area contributed by atoms with Crippen LogP contribution < -0.4 is 9.64 Å². The Labute approximate surface area is 144 Å². The van der Waals surface area contributed by atoms with Gasteiger partial charge in [0.25, 0.3) is 5.91 Å². The van der Waals surface area contributed by atoms with E-state index in [2.05, 4.69) is 15.0 Å². The first-order chi connectivity index (χ1) is 12.3. The zero-order valence-electron chi connectivity index (χ0n) is 13.8. The lowest BCUT2D eigenvalue weighted by molar-refractivity contribution is 0.0976. The number of imidazole rings is 1. The van der Waals surface area contributed by atoms with Gasteiger partial charge in [-0.1, -0.05) is 0 Å². The molecule has 4 rings (SSSR count). The highest BCUT2D eigenvalue weighted by molar-refractivity contribution is 6.03. The Hall–Kier alpha value is -3.22. The number of rotatable bonds is 3. The maximum Gasteiger partial charge on any atom is 0.280 e. The van der Waals surface area contributed by atoms with Crippen LogP contribution in [0, 0.1) is 0 Å². The van der Waals surface area contributed by atoms with Crippen molar-refractivity contribution in [2.75, 3.05) is 18.6 Å². The Bertz CT molecular complexity index is 890. The molecule has 1 aliphatic heterocycles. The third kappa shape index (κ3) is 2.84. The highest BCUT2D eigenvalue weighted by atomic mass is 16.5. The third-order valence-electron chi connectivity index (χ3n) is 4.19. The van der Waals surface area contributed by atoms with Gasteiger partial charge in [-0.2, -0.15) is 0 Å². The average Bonchev–Trinajstić information content (AvgIpc) is 3.12. The van der Waals surface area contributed by atoms with Crippen LogP contribution in [0.5, 0.6) is 5.75 Å². The predicted molar refractivity (Wildman–Crippen MR) is 92.5 cm³/mol. The monoisotopic (exact) mass is 335 g/mol. The molecule has 25 heavy (non-hydrogen) atoms. The first-order valence-corrected chi connectivity index (χ1v) is 8.06. The molecule has 0 unspecified atom stereocenters. The molecule has 1 aliphatic rings. The molecule has 3 aromatic rings. The van der Waals surface area contributed by atoms with Gasteiger partial charge in [-0.3, -0.25) is 14.7 Å². The summed E-state index contributed by atoms with van der Waals surface area (Å²) in [7, 11) is 1.64. The van der Waals surface area contributed by atoms with E-state index in [0.717, 1.165) is 30.0 Å². The molecular formula is C18H17N5O2. The van der Waals surface area contributed by atoms with Gasteiger partial charge in [0, 0.05) is 37.2 Å². The number of ether oxygens (including phenoxy) is 1. The average molecular weight is 335 g/mol. The Morgan fingerprint density at radius 3 is 2.72 bits per heavy atom. The molecule has 1 aromatic carbocycles. The Morgan fingerprint density at radius 1 is 1.16 bits per heavy atom. The smallest absolute Gasteiger partial charge is 0.280 e. The molecule has 0 radical (unpaired) electrons. The summed E-state index contributed by atoms with van der Waals surface area (Å²) in [6, 6.07) is 7.72. The first kappa shape index (κ1) is 15.3. The molecule has 0 saturated heterocycles. The fourth-order valence-electron chi connectivity index (χ4n) is 2.93. The van der Waals surface area contributed by atoms with Gasteiger partial charge in [0.2, 0.25) is 5.95 Å². The van der Waals surface area contributed by atoms with Crippen LogP contribution in [0.2, 0.25) is 0 Å². The van der Waals surface area contributed by atoms with Crippen molar-refractivity contribution in [3.05, 3.63) is 54.7 Å². The molecule has 0 atom stereocenters. The van der Waals surface area contributed by atoms with Gasteiger partial charge in [0.05, 0.1) is 19.0 Å². The largest absolute Gasteiger partial charge is 0.497 e. The van der Waals surface area contributed by atoms with Crippen LogP contribution in [-0.2, 0) is 6.54 Å². The summed E-state index contributed by atoms with van der Waals surface area (Å²) in [4.78, 5) is 27.2. The molecule has 0 aliphatic carbocycles. The molecule has 7 heteroatoms. The van der Waals surface area contributed by atoms with Crippen molar-refractivity contribution in [2.45, 2.75) is 13.0 Å². The third-order valence-corrected chi connectivity index (χ3v) is 4.19. The van der Waals surface area contributed by atoms with Gasteiger partial charge in [0.1, 0.15) is 11.4 Å². The minimum atomic E-state index is -0.180. The number of carbonyl (C=O) groups excluding carboxylic acids is 1. The Kier molecular flexibility index (Phi) is 3.89. The molecular weight excluding hydrogens is 318 g/mol. The summed E-state index contributed by atoms with van der Waals surface area (Å²) >= 11 is 0. The SMILES string of the molecule is COc1ccc(-c2cn3c(n2)N(C(=O)c2cnccn2)CCC3)cc1. The normalized spacial score (nSPS) is 13.4. The van der Waals surface area contributed by atoms with E-state index in [-0.39, 0.29) is 5.91 Å². The van der Waals surface area contributed by atoms with Gasteiger partial charge in [-0.15, -0.1) is 0 Å². The van der Waals surface area contributed by atoms with E-state index < -0.39 is 0 Å². The van der Waals surface area contributed by atoms with Crippen molar-refractivity contribution < 1.29 is 9.53 Å². The number of fused-ring (bicyclic) bond motifs is 1. The number of anilines is 1. The molecule has 0 bridgehead atoms. The van der Waals surface area contributed by atoms with Crippen LogP contribution in [0.15, 0.2) is 49.1 Å². The van der Waals surface area contributed by atoms with Crippen LogP contribution in [0.4, 0.5) is 5.95 Å². The lowest BCUT2D eigenvalue weighted by Gasteiger charge is -2.26. The second-order valence-corrected chi connectivity index (χ2v) is 5.75. The number of aromatic nitrogens is 4. The van der Waals surface area contributed by atoms with E-state index >= 15 is 0 Å². The van der Waals surface area contributed by atoms with Gasteiger partial charge >= 0.3 is 0 Å². The second-order valence-electron chi connectivity index (χ2n) is 5.75. The number of hydrogen-bond acceptors (Lipinski definition) is 5. The van der Waals surface area contributed by atoms with Gasteiger partial charge in [-0.25, -0.2) is 9.97 Å². The van der Waals surface area contributed by atoms with E-state index in [9.17, 15) is 4.79 Å². The quantitative estimate of drug-likeness (QED) is 0.735. The van der Waals surface area contributed by atoms with Gasteiger partial charge < -0.3 is 9.30 Å². The van der Waals surface area contributed by atoms with Gasteiger partial charge in [-0.05, 0) is 30.7 Å². The molecule has 0 spiro atoms. The molecule has 126 valence electrons. The van der Waals surface area contributed by atoms with E-state index in [4.69, 9.17) is 4.74 Å². The summed E-state index contributed by atoms with van der Waals surface area (Å²) in [5.74, 6) is 1.26. The molecule has 0 N–H and O–H groups in total. The maximum absolute atomic E-state index is 12.7. The molecule has 0 saturated carbocycles. The minimum Gasteiger partial charge on any atom is -0.497 e. The van der Waals surface area contributed by atoms with Gasteiger partial charge in [0.15, 0.2) is 0 Å². The minimum absolute atomic E-state index is 0.180. The van der Waals surface area contributed by atoms with Crippen LogP contribution in [0.3, 0.4) is 0 Å². The van der Waals surface area contributed by atoms with E-state index in [0.29, 0.717) is 18.2 Å². The van der Waals surface area contributed by atoms with Crippen molar-refractivity contribution in [3.63, 3.8) is 0 Å². The molecule has 0 fully saturated rings. The summed E-state index contributed by atoms with van der Waals surface area (Å²) < 4.78 is 7.20. The summed E-state index contributed by atoms with van der Waals surface area (Å²) in [6.07, 6.45) is 7.40. The standard InChI is InChI=1S/C18H17N5O2/c1-25-14-5-3-13(4-6-14)16-12-22-9-2-10-23(18(22)21-16)17(24)15-11-19-7-8-20-15/h3-8,11-12H,2,9-10H2,1H3. The van der Waals surface area contributed by atoms with E-state index in [1.165, 1.54) is 12.4 Å². The lowest BCUT2D eigenvalue weighted by atomic mass is 10.2. The number of methoxy groups -OCH3 is 1. The number of amides is 1. The van der Waals surface area contributed by atoms with Crippen molar-refractivity contribution in [3.8, 4) is 17.0 Å². The lowest BCUT2D eigenvalue weighted by Crippen LogP contribution is -2.38. The first-order valence-electron chi connectivity index (χ1n) is 8.06. The number of hydrogen-bond donors (Lipinski definition) is 0. The number of nitrogens with zero attached hydrogens (tertiary/aromatic N) is 5. The topological polar surface area (TPSA) is 73.1 Å². The molecule has 2 aromatic heterocycles. The summed E-state index contributed by atoms with van der Waals surface area (Å²) in [5, 5.41) is 0. The molecule has 7 nitrogen and oxygen atoms in total. The maximum atomic E-state index is 12.7. The number of aryl methyl sites for hydroxylation is 1. The predicted octanol–water partition coefficient (Wildman–Crippen LogP) is 2.40.